The molecule has 0 aliphatic carbocycles. The maximum atomic E-state index is 11.1. The Labute approximate surface area is 119 Å². The van der Waals surface area contributed by atoms with Crippen molar-refractivity contribution in [3.63, 3.8) is 0 Å². The van der Waals surface area contributed by atoms with E-state index < -0.39 is 15.0 Å². The van der Waals surface area contributed by atoms with E-state index in [1.54, 1.807) is 12.1 Å². The molecular formula is C13H9ClO5S. The average Bonchev–Trinajstić information content (AvgIpc) is 2.38. The molecule has 1 N–H and O–H groups in total. The lowest BCUT2D eigenvalue weighted by molar-refractivity contribution is 0.0696. The summed E-state index contributed by atoms with van der Waals surface area (Å²) in [7, 11) is 1.42. The molecular weight excluding hydrogens is 304 g/mol. The second-order valence-corrected chi connectivity index (χ2v) is 6.41. The van der Waals surface area contributed by atoms with E-state index in [2.05, 4.69) is 0 Å². The molecule has 20 heavy (non-hydrogen) atoms. The summed E-state index contributed by atoms with van der Waals surface area (Å²) in [6.45, 7) is 0. The molecule has 0 heterocycles. The second-order valence-electron chi connectivity index (χ2n) is 3.84. The van der Waals surface area contributed by atoms with Gasteiger partial charge >= 0.3 is 5.97 Å². The van der Waals surface area contributed by atoms with Crippen LogP contribution in [0.3, 0.4) is 0 Å². The summed E-state index contributed by atoms with van der Waals surface area (Å²) in [4.78, 5) is 10.8. The summed E-state index contributed by atoms with van der Waals surface area (Å²) >= 11 is 0. The van der Waals surface area contributed by atoms with Crippen molar-refractivity contribution in [2.45, 2.75) is 4.90 Å². The van der Waals surface area contributed by atoms with Crippen LogP contribution < -0.4 is 4.74 Å². The summed E-state index contributed by atoms with van der Waals surface area (Å²) in [5.74, 6) is -0.345. The summed E-state index contributed by atoms with van der Waals surface area (Å²) in [6.07, 6.45) is 0. The normalized spacial score (nSPS) is 11.1. The number of hydrogen-bond donors (Lipinski definition) is 1. The van der Waals surface area contributed by atoms with Gasteiger partial charge in [0.2, 0.25) is 0 Å². The molecule has 0 saturated carbocycles. The van der Waals surface area contributed by atoms with Crippen molar-refractivity contribution in [2.24, 2.45) is 0 Å². The van der Waals surface area contributed by atoms with Gasteiger partial charge in [-0.25, -0.2) is 13.2 Å². The lowest BCUT2D eigenvalue weighted by atomic mass is 10.2. The Hall–Kier alpha value is -2.05. The van der Waals surface area contributed by atoms with E-state index in [0.29, 0.717) is 11.5 Å². The van der Waals surface area contributed by atoms with Crippen molar-refractivity contribution in [3.8, 4) is 11.5 Å². The molecule has 0 bridgehead atoms. The fourth-order valence-electron chi connectivity index (χ4n) is 1.50. The summed E-state index contributed by atoms with van der Waals surface area (Å²) in [5, 5.41) is 8.86. The minimum Gasteiger partial charge on any atom is -0.478 e. The fraction of sp³-hybridized carbons (Fsp3) is 0. The van der Waals surface area contributed by atoms with Crippen LogP contribution in [0.15, 0.2) is 53.4 Å². The van der Waals surface area contributed by atoms with Crippen molar-refractivity contribution in [1.29, 1.82) is 0 Å². The van der Waals surface area contributed by atoms with E-state index in [4.69, 9.17) is 20.5 Å². The number of aromatic carboxylic acids is 1. The zero-order valence-corrected chi connectivity index (χ0v) is 11.6. The molecule has 2 rings (SSSR count). The fourth-order valence-corrected chi connectivity index (χ4v) is 2.27. The molecule has 0 atom stereocenters. The molecule has 0 radical (unpaired) electrons. The highest BCUT2D eigenvalue weighted by Crippen LogP contribution is 2.24. The lowest BCUT2D eigenvalue weighted by Gasteiger charge is -2.06. The van der Waals surface area contributed by atoms with Gasteiger partial charge < -0.3 is 9.84 Å². The van der Waals surface area contributed by atoms with Crippen molar-refractivity contribution in [3.05, 3.63) is 54.1 Å². The van der Waals surface area contributed by atoms with Crippen LogP contribution in [-0.4, -0.2) is 19.5 Å². The van der Waals surface area contributed by atoms with Gasteiger partial charge in [-0.05, 0) is 42.5 Å². The monoisotopic (exact) mass is 312 g/mol. The first-order valence-electron chi connectivity index (χ1n) is 5.42. The van der Waals surface area contributed by atoms with Crippen LogP contribution >= 0.6 is 10.7 Å². The summed E-state index contributed by atoms with van der Waals surface area (Å²) in [6, 6.07) is 11.4. The standard InChI is InChI=1S/C13H9ClO5S/c14-20(17,18)12-6-4-10(5-7-12)19-11-3-1-2-9(8-11)13(15)16/h1-8H,(H,15,16). The number of hydrogen-bond acceptors (Lipinski definition) is 4. The van der Waals surface area contributed by atoms with E-state index in [1.807, 2.05) is 0 Å². The van der Waals surface area contributed by atoms with E-state index >= 15 is 0 Å². The first-order valence-corrected chi connectivity index (χ1v) is 7.73. The van der Waals surface area contributed by atoms with Crippen LogP contribution in [-0.2, 0) is 9.05 Å². The third-order valence-corrected chi connectivity index (χ3v) is 3.79. The van der Waals surface area contributed by atoms with Gasteiger partial charge in [0.05, 0.1) is 10.5 Å². The van der Waals surface area contributed by atoms with Crippen molar-refractivity contribution >= 4 is 25.7 Å². The van der Waals surface area contributed by atoms with Crippen LogP contribution in [0.4, 0.5) is 0 Å². The predicted molar refractivity (Wildman–Crippen MR) is 73.0 cm³/mol. The largest absolute Gasteiger partial charge is 0.478 e. The van der Waals surface area contributed by atoms with Gasteiger partial charge in [-0.3, -0.25) is 0 Å². The molecule has 0 amide bonds. The van der Waals surface area contributed by atoms with Crippen LogP contribution in [0, 0.1) is 0 Å². The number of carboxylic acids is 1. The molecule has 0 fully saturated rings. The molecule has 5 nitrogen and oxygen atoms in total. The van der Waals surface area contributed by atoms with E-state index in [-0.39, 0.29) is 10.5 Å². The molecule has 0 aromatic heterocycles. The number of rotatable bonds is 4. The highest BCUT2D eigenvalue weighted by Gasteiger charge is 2.10. The lowest BCUT2D eigenvalue weighted by Crippen LogP contribution is -1.96. The summed E-state index contributed by atoms with van der Waals surface area (Å²) < 4.78 is 27.6. The smallest absolute Gasteiger partial charge is 0.335 e. The van der Waals surface area contributed by atoms with Gasteiger partial charge in [-0.15, -0.1) is 0 Å². The average molecular weight is 313 g/mol. The third-order valence-electron chi connectivity index (χ3n) is 2.42. The minimum atomic E-state index is -3.77. The highest BCUT2D eigenvalue weighted by molar-refractivity contribution is 8.13. The molecule has 0 saturated heterocycles. The predicted octanol–water partition coefficient (Wildman–Crippen LogP) is 3.10. The zero-order valence-electron chi connectivity index (χ0n) is 9.99. The van der Waals surface area contributed by atoms with Gasteiger partial charge in [0, 0.05) is 10.7 Å². The van der Waals surface area contributed by atoms with Crippen molar-refractivity contribution in [1.82, 2.24) is 0 Å². The van der Waals surface area contributed by atoms with Crippen LogP contribution in [0.2, 0.25) is 0 Å². The second kappa shape index (κ2) is 5.52. The van der Waals surface area contributed by atoms with Gasteiger partial charge in [0.15, 0.2) is 0 Å². The maximum absolute atomic E-state index is 11.1. The van der Waals surface area contributed by atoms with E-state index in [1.165, 1.54) is 36.4 Å². The number of carboxylic acid groups (broad SMARTS) is 1. The first-order chi connectivity index (χ1) is 9.36. The molecule has 0 aliphatic rings. The van der Waals surface area contributed by atoms with Gasteiger partial charge in [-0.1, -0.05) is 6.07 Å². The van der Waals surface area contributed by atoms with Gasteiger partial charge in [0.1, 0.15) is 11.5 Å². The maximum Gasteiger partial charge on any atom is 0.335 e. The quantitative estimate of drug-likeness (QED) is 0.877. The Balaban J connectivity index is 2.22. The van der Waals surface area contributed by atoms with Crippen LogP contribution in [0.1, 0.15) is 10.4 Å². The molecule has 2 aromatic rings. The Morgan fingerprint density at radius 3 is 2.25 bits per heavy atom. The number of benzene rings is 2. The van der Waals surface area contributed by atoms with E-state index in [9.17, 15) is 13.2 Å². The van der Waals surface area contributed by atoms with Gasteiger partial charge in [0.25, 0.3) is 9.05 Å². The molecule has 0 unspecified atom stereocenters. The van der Waals surface area contributed by atoms with Crippen LogP contribution in [0.25, 0.3) is 0 Å². The Morgan fingerprint density at radius 2 is 1.70 bits per heavy atom. The first kappa shape index (κ1) is 14.4. The molecule has 7 heteroatoms. The van der Waals surface area contributed by atoms with Crippen molar-refractivity contribution in [2.75, 3.05) is 0 Å². The molecule has 104 valence electrons. The number of carbonyl (C=O) groups is 1. The number of ether oxygens (including phenoxy) is 1. The SMILES string of the molecule is O=C(O)c1cccc(Oc2ccc(S(=O)(=O)Cl)cc2)c1. The zero-order chi connectivity index (χ0) is 14.8. The van der Waals surface area contributed by atoms with E-state index in [0.717, 1.165) is 0 Å². The summed E-state index contributed by atoms with van der Waals surface area (Å²) in [5.41, 5.74) is 0.0995. The third kappa shape index (κ3) is 3.49. The van der Waals surface area contributed by atoms with Crippen LogP contribution in [0.5, 0.6) is 11.5 Å². The van der Waals surface area contributed by atoms with Crippen molar-refractivity contribution < 1.29 is 23.1 Å². The Kier molecular flexibility index (Phi) is 3.96. The molecule has 2 aromatic carbocycles. The highest BCUT2D eigenvalue weighted by atomic mass is 35.7. The number of halogens is 1. The Morgan fingerprint density at radius 1 is 1.05 bits per heavy atom. The molecule has 0 spiro atoms. The Bertz CT molecular complexity index is 738. The minimum absolute atomic E-state index is 0.0363. The molecule has 0 aliphatic heterocycles. The van der Waals surface area contributed by atoms with Gasteiger partial charge in [-0.2, -0.15) is 0 Å². The topological polar surface area (TPSA) is 80.7 Å².